The molecule has 0 spiro atoms. The number of aryl methyl sites for hydroxylation is 2. The number of anilines is 2. The van der Waals surface area contributed by atoms with E-state index in [0.717, 1.165) is 17.8 Å². The van der Waals surface area contributed by atoms with E-state index in [1.165, 1.54) is 27.8 Å². The quantitative estimate of drug-likeness (QED) is 0.472. The average molecular weight is 339 g/mol. The molecule has 130 valence electrons. The standard InChI is InChI=1S/C25H25N/c1-4-21-7-6-8-22(25(21)5-2)14-11-20-12-17-24(18-13-20)26-23-15-9-19(3)10-16-23/h5-18,26H,2,4H2,1,3H3/b14-11+. The van der Waals surface area contributed by atoms with Crippen LogP contribution in [0.3, 0.4) is 0 Å². The Kier molecular flexibility index (Phi) is 5.70. The van der Waals surface area contributed by atoms with Crippen LogP contribution in [0.1, 0.15) is 34.7 Å². The van der Waals surface area contributed by atoms with Crippen molar-refractivity contribution in [1.29, 1.82) is 0 Å². The van der Waals surface area contributed by atoms with Gasteiger partial charge in [-0.05, 0) is 59.9 Å². The molecule has 0 unspecified atom stereocenters. The highest BCUT2D eigenvalue weighted by Gasteiger charge is 2.01. The van der Waals surface area contributed by atoms with E-state index in [4.69, 9.17) is 0 Å². The normalized spacial score (nSPS) is 10.8. The lowest BCUT2D eigenvalue weighted by molar-refractivity contribution is 1.13. The molecule has 1 heteroatoms. The molecular formula is C25H25N. The second kappa shape index (κ2) is 8.35. The van der Waals surface area contributed by atoms with Crippen LogP contribution in [0.4, 0.5) is 11.4 Å². The largest absolute Gasteiger partial charge is 0.356 e. The summed E-state index contributed by atoms with van der Waals surface area (Å²) in [7, 11) is 0. The summed E-state index contributed by atoms with van der Waals surface area (Å²) >= 11 is 0. The van der Waals surface area contributed by atoms with Gasteiger partial charge in [-0.1, -0.05) is 79.8 Å². The molecule has 0 amide bonds. The first kappa shape index (κ1) is 17.8. The van der Waals surface area contributed by atoms with Gasteiger partial charge in [0.25, 0.3) is 0 Å². The van der Waals surface area contributed by atoms with Gasteiger partial charge in [0.05, 0.1) is 0 Å². The molecular weight excluding hydrogens is 314 g/mol. The molecule has 0 aliphatic rings. The molecule has 0 aliphatic carbocycles. The van der Waals surface area contributed by atoms with Crippen LogP contribution in [0, 0.1) is 6.92 Å². The van der Waals surface area contributed by atoms with Gasteiger partial charge in [0, 0.05) is 11.4 Å². The molecule has 26 heavy (non-hydrogen) atoms. The predicted octanol–water partition coefficient (Wildman–Crippen LogP) is 7.11. The van der Waals surface area contributed by atoms with Crippen LogP contribution in [-0.4, -0.2) is 0 Å². The Bertz CT molecular complexity index is 900. The smallest absolute Gasteiger partial charge is 0.0384 e. The molecule has 3 aromatic rings. The lowest BCUT2D eigenvalue weighted by Crippen LogP contribution is -1.90. The molecule has 3 aromatic carbocycles. The minimum absolute atomic E-state index is 1.02. The van der Waals surface area contributed by atoms with Crippen molar-refractivity contribution in [3.63, 3.8) is 0 Å². The third kappa shape index (κ3) is 4.31. The molecule has 0 fully saturated rings. The Labute approximate surface area is 156 Å². The maximum atomic E-state index is 3.97. The van der Waals surface area contributed by atoms with Crippen LogP contribution in [0.5, 0.6) is 0 Å². The number of benzene rings is 3. The van der Waals surface area contributed by atoms with Crippen LogP contribution < -0.4 is 5.32 Å². The number of hydrogen-bond donors (Lipinski definition) is 1. The zero-order chi connectivity index (χ0) is 18.4. The van der Waals surface area contributed by atoms with Crippen molar-refractivity contribution in [3.05, 3.63) is 101 Å². The summed E-state index contributed by atoms with van der Waals surface area (Å²) in [5.74, 6) is 0. The van der Waals surface area contributed by atoms with Gasteiger partial charge in [0.15, 0.2) is 0 Å². The highest BCUT2D eigenvalue weighted by molar-refractivity contribution is 5.76. The molecule has 0 radical (unpaired) electrons. The predicted molar refractivity (Wildman–Crippen MR) is 116 cm³/mol. The summed E-state index contributed by atoms with van der Waals surface area (Å²) in [4.78, 5) is 0. The summed E-state index contributed by atoms with van der Waals surface area (Å²) in [6.45, 7) is 8.24. The Morgan fingerprint density at radius 2 is 1.50 bits per heavy atom. The van der Waals surface area contributed by atoms with Crippen LogP contribution >= 0.6 is 0 Å². The highest BCUT2D eigenvalue weighted by atomic mass is 14.9. The fourth-order valence-corrected chi connectivity index (χ4v) is 3.00. The fraction of sp³-hybridized carbons (Fsp3) is 0.120. The average Bonchev–Trinajstić information content (AvgIpc) is 2.68. The topological polar surface area (TPSA) is 12.0 Å². The first-order valence-electron chi connectivity index (χ1n) is 9.06. The first-order chi connectivity index (χ1) is 12.7. The van der Waals surface area contributed by atoms with Crippen molar-refractivity contribution in [2.24, 2.45) is 0 Å². The van der Waals surface area contributed by atoms with Gasteiger partial charge < -0.3 is 5.32 Å². The highest BCUT2D eigenvalue weighted by Crippen LogP contribution is 2.21. The minimum Gasteiger partial charge on any atom is -0.356 e. The molecule has 1 N–H and O–H groups in total. The van der Waals surface area contributed by atoms with E-state index in [1.54, 1.807) is 0 Å². The van der Waals surface area contributed by atoms with Gasteiger partial charge in [0.2, 0.25) is 0 Å². The third-order valence-electron chi connectivity index (χ3n) is 4.52. The minimum atomic E-state index is 1.02. The molecule has 0 bridgehead atoms. The SMILES string of the molecule is C=Cc1c(/C=C/c2ccc(Nc3ccc(C)cc3)cc2)cccc1CC. The summed E-state index contributed by atoms with van der Waals surface area (Å²) in [5, 5.41) is 3.43. The molecule has 1 nitrogen and oxygen atoms in total. The zero-order valence-electron chi connectivity index (χ0n) is 15.5. The van der Waals surface area contributed by atoms with Gasteiger partial charge in [-0.2, -0.15) is 0 Å². The second-order valence-corrected chi connectivity index (χ2v) is 6.42. The summed E-state index contributed by atoms with van der Waals surface area (Å²) in [5.41, 5.74) is 8.40. The lowest BCUT2D eigenvalue weighted by Gasteiger charge is -2.08. The van der Waals surface area contributed by atoms with Crippen molar-refractivity contribution in [2.75, 3.05) is 5.32 Å². The number of hydrogen-bond acceptors (Lipinski definition) is 1. The first-order valence-corrected chi connectivity index (χ1v) is 9.06. The maximum absolute atomic E-state index is 3.97. The van der Waals surface area contributed by atoms with Crippen molar-refractivity contribution in [2.45, 2.75) is 20.3 Å². The van der Waals surface area contributed by atoms with Crippen LogP contribution in [0.15, 0.2) is 73.3 Å². The molecule has 3 rings (SSSR count). The Morgan fingerprint density at radius 3 is 2.12 bits per heavy atom. The van der Waals surface area contributed by atoms with Crippen LogP contribution in [0.2, 0.25) is 0 Å². The van der Waals surface area contributed by atoms with Gasteiger partial charge in [-0.25, -0.2) is 0 Å². The van der Waals surface area contributed by atoms with Gasteiger partial charge in [-0.3, -0.25) is 0 Å². The molecule has 0 saturated carbocycles. The molecule has 0 heterocycles. The van der Waals surface area contributed by atoms with Gasteiger partial charge >= 0.3 is 0 Å². The number of rotatable bonds is 6. The van der Waals surface area contributed by atoms with E-state index in [9.17, 15) is 0 Å². The van der Waals surface area contributed by atoms with E-state index in [1.807, 2.05) is 6.08 Å². The third-order valence-corrected chi connectivity index (χ3v) is 4.52. The van der Waals surface area contributed by atoms with Gasteiger partial charge in [-0.15, -0.1) is 0 Å². The van der Waals surface area contributed by atoms with Crippen molar-refractivity contribution < 1.29 is 0 Å². The Morgan fingerprint density at radius 1 is 0.846 bits per heavy atom. The van der Waals surface area contributed by atoms with E-state index in [-0.39, 0.29) is 0 Å². The monoisotopic (exact) mass is 339 g/mol. The summed E-state index contributed by atoms with van der Waals surface area (Å²) in [6.07, 6.45) is 7.28. The van der Waals surface area contributed by atoms with E-state index < -0.39 is 0 Å². The fourth-order valence-electron chi connectivity index (χ4n) is 3.00. The number of nitrogens with one attached hydrogen (secondary N) is 1. The zero-order valence-corrected chi connectivity index (χ0v) is 15.5. The van der Waals surface area contributed by atoms with E-state index in [2.05, 4.69) is 105 Å². The summed E-state index contributed by atoms with van der Waals surface area (Å²) < 4.78 is 0. The molecule has 0 aliphatic heterocycles. The summed E-state index contributed by atoms with van der Waals surface area (Å²) in [6, 6.07) is 23.3. The molecule has 0 atom stereocenters. The van der Waals surface area contributed by atoms with Crippen molar-refractivity contribution >= 4 is 29.6 Å². The van der Waals surface area contributed by atoms with E-state index >= 15 is 0 Å². The lowest BCUT2D eigenvalue weighted by atomic mass is 9.98. The Balaban J connectivity index is 1.74. The van der Waals surface area contributed by atoms with Crippen molar-refractivity contribution in [3.8, 4) is 0 Å². The van der Waals surface area contributed by atoms with Crippen LogP contribution in [-0.2, 0) is 6.42 Å². The maximum Gasteiger partial charge on any atom is 0.0384 e. The molecule has 0 aromatic heterocycles. The molecule has 0 saturated heterocycles. The van der Waals surface area contributed by atoms with Crippen LogP contribution in [0.25, 0.3) is 18.2 Å². The van der Waals surface area contributed by atoms with Gasteiger partial charge in [0.1, 0.15) is 0 Å². The van der Waals surface area contributed by atoms with E-state index in [0.29, 0.717) is 0 Å². The van der Waals surface area contributed by atoms with Crippen molar-refractivity contribution in [1.82, 2.24) is 0 Å². The Hall–Kier alpha value is -3.06. The second-order valence-electron chi connectivity index (χ2n) is 6.42.